The Kier molecular flexibility index (Phi) is 6.20. The average molecular weight is 204 g/mol. The monoisotopic (exact) mass is 204 g/mol. The van der Waals surface area contributed by atoms with Crippen molar-refractivity contribution in [2.24, 2.45) is 5.73 Å². The molecule has 0 fully saturated rings. The van der Waals surface area contributed by atoms with Gasteiger partial charge < -0.3 is 10.8 Å². The maximum atomic E-state index is 9.13. The molecule has 0 rings (SSSR count). The summed E-state index contributed by atoms with van der Waals surface area (Å²) in [6.07, 6.45) is 0.508. The minimum absolute atomic E-state index is 0.257. The van der Waals surface area contributed by atoms with Crippen molar-refractivity contribution in [3.05, 3.63) is 0 Å². The van der Waals surface area contributed by atoms with Crippen LogP contribution in [0.2, 0.25) is 0 Å². The Morgan fingerprint density at radius 3 is 2.31 bits per heavy atom. The zero-order valence-electron chi connectivity index (χ0n) is 8.66. The fourth-order valence-corrected chi connectivity index (χ4v) is 1.24. The van der Waals surface area contributed by atoms with E-state index in [1.807, 2.05) is 0 Å². The smallest absolute Gasteiger partial charge is 0.0870 e. The third-order valence-corrected chi connectivity index (χ3v) is 2.05. The van der Waals surface area contributed by atoms with Crippen LogP contribution < -0.4 is 5.73 Å². The molecule has 0 amide bonds. The molecule has 0 heterocycles. The third-order valence-electron chi connectivity index (χ3n) is 1.92. The van der Waals surface area contributed by atoms with Gasteiger partial charge in [-0.05, 0) is 27.2 Å². The van der Waals surface area contributed by atoms with Gasteiger partial charge in [0.25, 0.3) is 0 Å². The quantitative estimate of drug-likeness (QED) is 0.627. The van der Waals surface area contributed by atoms with Crippen LogP contribution in [0.4, 0.5) is 0 Å². The summed E-state index contributed by atoms with van der Waals surface area (Å²) in [5.41, 5.74) is 5.46. The lowest BCUT2D eigenvalue weighted by atomic mass is 10.2. The van der Waals surface area contributed by atoms with Crippen LogP contribution in [0.15, 0.2) is 0 Å². The molecule has 0 aliphatic carbocycles. The van der Waals surface area contributed by atoms with Gasteiger partial charge in [-0.2, -0.15) is 0 Å². The van der Waals surface area contributed by atoms with Crippen molar-refractivity contribution in [3.63, 3.8) is 0 Å². The predicted molar refractivity (Wildman–Crippen MR) is 59.8 cm³/mol. The van der Waals surface area contributed by atoms with Gasteiger partial charge in [0.1, 0.15) is 0 Å². The number of thiocarbonyl (C=S) groups is 1. The topological polar surface area (TPSA) is 49.5 Å². The van der Waals surface area contributed by atoms with Crippen molar-refractivity contribution in [1.82, 2.24) is 4.90 Å². The number of nitrogens with zero attached hydrogens (tertiary/aromatic N) is 1. The molecule has 0 bridgehead atoms. The molecule has 78 valence electrons. The molecule has 0 aliphatic heterocycles. The van der Waals surface area contributed by atoms with E-state index < -0.39 is 0 Å². The molecule has 4 heteroatoms. The summed E-state index contributed by atoms with van der Waals surface area (Å²) in [7, 11) is 0. The van der Waals surface area contributed by atoms with E-state index in [0.29, 0.717) is 17.6 Å². The lowest BCUT2D eigenvalue weighted by Gasteiger charge is -2.26. The second-order valence-corrected chi connectivity index (χ2v) is 4.19. The molecule has 3 N–H and O–H groups in total. The Hall–Kier alpha value is -0.190. The van der Waals surface area contributed by atoms with Crippen LogP contribution in [-0.2, 0) is 0 Å². The second kappa shape index (κ2) is 6.29. The summed E-state index contributed by atoms with van der Waals surface area (Å²) in [4.78, 5) is 2.67. The molecular weight excluding hydrogens is 184 g/mol. The van der Waals surface area contributed by atoms with Gasteiger partial charge in [0, 0.05) is 19.1 Å². The van der Waals surface area contributed by atoms with Gasteiger partial charge >= 0.3 is 0 Å². The second-order valence-electron chi connectivity index (χ2n) is 3.67. The summed E-state index contributed by atoms with van der Waals surface area (Å²) in [5.74, 6) is 0. The molecule has 0 saturated carbocycles. The summed E-state index contributed by atoms with van der Waals surface area (Å²) >= 11 is 4.84. The highest BCUT2D eigenvalue weighted by molar-refractivity contribution is 7.80. The van der Waals surface area contributed by atoms with Crippen molar-refractivity contribution >= 4 is 17.2 Å². The van der Waals surface area contributed by atoms with Crippen molar-refractivity contribution in [2.45, 2.75) is 39.3 Å². The molecule has 0 saturated heterocycles. The molecule has 0 aromatic carbocycles. The van der Waals surface area contributed by atoms with Crippen molar-refractivity contribution < 1.29 is 5.11 Å². The van der Waals surface area contributed by atoms with E-state index in [1.54, 1.807) is 6.92 Å². The Labute approximate surface area is 85.9 Å². The lowest BCUT2D eigenvalue weighted by Crippen LogP contribution is -2.39. The van der Waals surface area contributed by atoms with Gasteiger partial charge in [-0.15, -0.1) is 0 Å². The number of rotatable bonds is 6. The van der Waals surface area contributed by atoms with E-state index in [9.17, 15) is 0 Å². The fraction of sp³-hybridized carbons (Fsp3) is 0.889. The molecule has 0 aliphatic rings. The number of aliphatic hydroxyl groups is 1. The van der Waals surface area contributed by atoms with Crippen molar-refractivity contribution in [1.29, 1.82) is 0 Å². The molecule has 1 unspecified atom stereocenters. The highest BCUT2D eigenvalue weighted by Gasteiger charge is 2.10. The van der Waals surface area contributed by atoms with Crippen LogP contribution in [0.1, 0.15) is 27.2 Å². The van der Waals surface area contributed by atoms with Gasteiger partial charge in [0.2, 0.25) is 0 Å². The minimum Gasteiger partial charge on any atom is -0.393 e. The van der Waals surface area contributed by atoms with E-state index in [0.717, 1.165) is 13.0 Å². The Balaban J connectivity index is 3.88. The Bertz CT molecular complexity index is 160. The van der Waals surface area contributed by atoms with Gasteiger partial charge in [-0.25, -0.2) is 0 Å². The van der Waals surface area contributed by atoms with Gasteiger partial charge in [-0.3, -0.25) is 4.90 Å². The number of hydrogen-bond donors (Lipinski definition) is 2. The van der Waals surface area contributed by atoms with E-state index in [4.69, 9.17) is 23.1 Å². The molecular formula is C9H20N2OS. The first-order chi connectivity index (χ1) is 5.93. The first kappa shape index (κ1) is 12.8. The molecule has 0 spiro atoms. The molecule has 13 heavy (non-hydrogen) atoms. The number of hydrogen-bond acceptors (Lipinski definition) is 3. The van der Waals surface area contributed by atoms with Crippen LogP contribution in [0.5, 0.6) is 0 Å². The molecule has 0 radical (unpaired) electrons. The maximum absolute atomic E-state index is 9.13. The van der Waals surface area contributed by atoms with Crippen molar-refractivity contribution in [2.75, 3.05) is 13.1 Å². The van der Waals surface area contributed by atoms with Gasteiger partial charge in [0.05, 0.1) is 11.1 Å². The SMILES string of the molecule is CC(O)CCN(CC(N)=S)C(C)C. The van der Waals surface area contributed by atoms with Crippen LogP contribution in [-0.4, -0.2) is 40.2 Å². The van der Waals surface area contributed by atoms with Crippen LogP contribution >= 0.6 is 12.2 Å². The molecule has 3 nitrogen and oxygen atoms in total. The summed E-state index contributed by atoms with van der Waals surface area (Å²) in [5, 5.41) is 9.13. The average Bonchev–Trinajstić information content (AvgIpc) is 1.96. The normalized spacial score (nSPS) is 13.7. The van der Waals surface area contributed by atoms with E-state index in [-0.39, 0.29) is 6.10 Å². The summed E-state index contributed by atoms with van der Waals surface area (Å²) in [6, 6.07) is 0.417. The zero-order valence-corrected chi connectivity index (χ0v) is 9.47. The van der Waals surface area contributed by atoms with Crippen LogP contribution in [0, 0.1) is 0 Å². The van der Waals surface area contributed by atoms with E-state index in [2.05, 4.69) is 18.7 Å². The van der Waals surface area contributed by atoms with Crippen molar-refractivity contribution in [3.8, 4) is 0 Å². The fourth-order valence-electron chi connectivity index (χ4n) is 1.07. The Morgan fingerprint density at radius 1 is 1.46 bits per heavy atom. The number of nitrogens with two attached hydrogens (primary N) is 1. The van der Waals surface area contributed by atoms with Crippen LogP contribution in [0.25, 0.3) is 0 Å². The van der Waals surface area contributed by atoms with Gasteiger partial charge in [-0.1, -0.05) is 12.2 Å². The molecule has 0 aromatic rings. The molecule has 0 aromatic heterocycles. The largest absolute Gasteiger partial charge is 0.393 e. The van der Waals surface area contributed by atoms with Crippen LogP contribution in [0.3, 0.4) is 0 Å². The standard InChI is InChI=1S/C9H20N2OS/c1-7(2)11(6-9(10)13)5-4-8(3)12/h7-8,12H,4-6H2,1-3H3,(H2,10,13). The number of aliphatic hydroxyl groups excluding tert-OH is 1. The summed E-state index contributed by atoms with van der Waals surface area (Å²) in [6.45, 7) is 7.46. The lowest BCUT2D eigenvalue weighted by molar-refractivity contribution is 0.151. The van der Waals surface area contributed by atoms with E-state index in [1.165, 1.54) is 0 Å². The molecule has 1 atom stereocenters. The Morgan fingerprint density at radius 2 is 2.00 bits per heavy atom. The third kappa shape index (κ3) is 6.93. The first-order valence-electron chi connectivity index (χ1n) is 4.64. The highest BCUT2D eigenvalue weighted by Crippen LogP contribution is 2.01. The predicted octanol–water partition coefficient (Wildman–Crippen LogP) is 0.754. The zero-order chi connectivity index (χ0) is 10.4. The maximum Gasteiger partial charge on any atom is 0.0870 e. The van der Waals surface area contributed by atoms with E-state index >= 15 is 0 Å². The summed E-state index contributed by atoms with van der Waals surface area (Å²) < 4.78 is 0. The minimum atomic E-state index is -0.257. The van der Waals surface area contributed by atoms with Gasteiger partial charge in [0.15, 0.2) is 0 Å². The first-order valence-corrected chi connectivity index (χ1v) is 5.04. The highest BCUT2D eigenvalue weighted by atomic mass is 32.1.